The molecule has 1 atom stereocenters. The number of hydrogen-bond acceptors (Lipinski definition) is 3. The van der Waals surface area contributed by atoms with E-state index in [2.05, 4.69) is 26.2 Å². The lowest BCUT2D eigenvalue weighted by Crippen LogP contribution is -2.13. The third-order valence-electron chi connectivity index (χ3n) is 2.48. The van der Waals surface area contributed by atoms with Crippen LogP contribution < -0.4 is 5.32 Å². The van der Waals surface area contributed by atoms with Gasteiger partial charge < -0.3 is 5.32 Å². The van der Waals surface area contributed by atoms with Gasteiger partial charge in [-0.1, -0.05) is 15.9 Å². The number of rotatable bonds is 3. The van der Waals surface area contributed by atoms with Gasteiger partial charge in [-0.2, -0.15) is 13.2 Å². The van der Waals surface area contributed by atoms with Crippen LogP contribution in [0.4, 0.5) is 18.9 Å². The number of hydrogen-bond donors (Lipinski definition) is 1. The standard InChI is InChI=1S/C12H10BrF3N2S/c1-7(11-17-4-5-19-11)18-10-3-2-8(13)6-9(10)12(14,15)16/h2-7,18H,1H3. The van der Waals surface area contributed by atoms with Crippen LogP contribution in [-0.4, -0.2) is 4.98 Å². The summed E-state index contributed by atoms with van der Waals surface area (Å²) in [4.78, 5) is 4.09. The molecule has 0 radical (unpaired) electrons. The summed E-state index contributed by atoms with van der Waals surface area (Å²) in [6, 6.07) is 3.78. The molecule has 0 saturated heterocycles. The molecule has 2 aromatic rings. The molecule has 7 heteroatoms. The molecule has 1 heterocycles. The Morgan fingerprint density at radius 3 is 2.68 bits per heavy atom. The van der Waals surface area contributed by atoms with Gasteiger partial charge in [0, 0.05) is 21.7 Å². The number of alkyl halides is 3. The van der Waals surface area contributed by atoms with Crippen LogP contribution in [0.2, 0.25) is 0 Å². The van der Waals surface area contributed by atoms with Gasteiger partial charge in [0.2, 0.25) is 0 Å². The number of thiazole rings is 1. The minimum absolute atomic E-state index is 0.0541. The number of halogens is 4. The van der Waals surface area contributed by atoms with Gasteiger partial charge in [0.15, 0.2) is 0 Å². The van der Waals surface area contributed by atoms with E-state index in [0.717, 1.165) is 11.1 Å². The second-order valence-corrected chi connectivity index (χ2v) is 5.77. The van der Waals surface area contributed by atoms with Crippen molar-refractivity contribution in [3.05, 3.63) is 44.8 Å². The van der Waals surface area contributed by atoms with E-state index < -0.39 is 11.7 Å². The van der Waals surface area contributed by atoms with E-state index in [1.807, 2.05) is 0 Å². The molecule has 2 nitrogen and oxygen atoms in total. The maximum Gasteiger partial charge on any atom is 0.418 e. The molecule has 0 aliphatic carbocycles. The average molecular weight is 351 g/mol. The molecule has 19 heavy (non-hydrogen) atoms. The molecular formula is C12H10BrF3N2S. The van der Waals surface area contributed by atoms with Crippen molar-refractivity contribution in [2.75, 3.05) is 5.32 Å². The Labute approximate surface area is 120 Å². The van der Waals surface area contributed by atoms with Crippen LogP contribution in [0.15, 0.2) is 34.2 Å². The highest BCUT2D eigenvalue weighted by molar-refractivity contribution is 9.10. The maximum absolute atomic E-state index is 12.9. The molecule has 1 unspecified atom stereocenters. The Bertz CT molecular complexity index is 555. The predicted octanol–water partition coefficient (Wildman–Crippen LogP) is 5.10. The summed E-state index contributed by atoms with van der Waals surface area (Å²) >= 11 is 4.46. The highest BCUT2D eigenvalue weighted by Crippen LogP contribution is 2.37. The van der Waals surface area contributed by atoms with E-state index in [1.54, 1.807) is 24.6 Å². The zero-order valence-electron chi connectivity index (χ0n) is 9.83. The first-order valence-electron chi connectivity index (χ1n) is 5.40. The molecule has 102 valence electrons. The van der Waals surface area contributed by atoms with Gasteiger partial charge in [-0.15, -0.1) is 11.3 Å². The molecule has 0 amide bonds. The van der Waals surface area contributed by atoms with E-state index in [9.17, 15) is 13.2 Å². The molecule has 1 N–H and O–H groups in total. The predicted molar refractivity (Wildman–Crippen MR) is 73.3 cm³/mol. The van der Waals surface area contributed by atoms with E-state index in [1.165, 1.54) is 17.4 Å². The third kappa shape index (κ3) is 3.48. The first kappa shape index (κ1) is 14.3. The number of nitrogens with one attached hydrogen (secondary N) is 1. The number of anilines is 1. The van der Waals surface area contributed by atoms with Crippen LogP contribution in [0.1, 0.15) is 23.5 Å². The SMILES string of the molecule is CC(Nc1ccc(Br)cc1C(F)(F)F)c1nccs1. The van der Waals surface area contributed by atoms with Gasteiger partial charge in [-0.05, 0) is 25.1 Å². The van der Waals surface area contributed by atoms with Crippen molar-refractivity contribution in [1.82, 2.24) is 4.98 Å². The fourth-order valence-corrected chi connectivity index (χ4v) is 2.63. The van der Waals surface area contributed by atoms with Crippen molar-refractivity contribution in [2.24, 2.45) is 0 Å². The Morgan fingerprint density at radius 1 is 1.37 bits per heavy atom. The lowest BCUT2D eigenvalue weighted by atomic mass is 10.1. The molecule has 0 spiro atoms. The lowest BCUT2D eigenvalue weighted by Gasteiger charge is -2.18. The average Bonchev–Trinajstić information content (AvgIpc) is 2.83. The fraction of sp³-hybridized carbons (Fsp3) is 0.250. The summed E-state index contributed by atoms with van der Waals surface area (Å²) in [6.07, 6.45) is -2.76. The van der Waals surface area contributed by atoms with Gasteiger partial charge >= 0.3 is 6.18 Å². The first-order valence-corrected chi connectivity index (χ1v) is 7.08. The summed E-state index contributed by atoms with van der Waals surface area (Å²) < 4.78 is 39.2. The van der Waals surface area contributed by atoms with Crippen LogP contribution >= 0.6 is 27.3 Å². The van der Waals surface area contributed by atoms with Crippen LogP contribution in [0.5, 0.6) is 0 Å². The number of benzene rings is 1. The van der Waals surface area contributed by atoms with E-state index in [0.29, 0.717) is 4.47 Å². The summed E-state index contributed by atoms with van der Waals surface area (Å²) in [7, 11) is 0. The van der Waals surface area contributed by atoms with Crippen molar-refractivity contribution in [2.45, 2.75) is 19.1 Å². The Kier molecular flexibility index (Phi) is 4.15. The summed E-state index contributed by atoms with van der Waals surface area (Å²) in [6.45, 7) is 1.78. The maximum atomic E-state index is 12.9. The van der Waals surface area contributed by atoms with Gasteiger partial charge in [0.05, 0.1) is 11.6 Å². The molecule has 0 aliphatic heterocycles. The largest absolute Gasteiger partial charge is 0.418 e. The topological polar surface area (TPSA) is 24.9 Å². The van der Waals surface area contributed by atoms with Crippen molar-refractivity contribution in [3.8, 4) is 0 Å². The Morgan fingerprint density at radius 2 is 2.11 bits per heavy atom. The van der Waals surface area contributed by atoms with Gasteiger partial charge in [0.1, 0.15) is 5.01 Å². The van der Waals surface area contributed by atoms with E-state index in [4.69, 9.17) is 0 Å². The molecule has 2 rings (SSSR count). The zero-order valence-corrected chi connectivity index (χ0v) is 12.2. The summed E-state index contributed by atoms with van der Waals surface area (Å²) in [5.74, 6) is 0. The first-order chi connectivity index (χ1) is 8.88. The second kappa shape index (κ2) is 5.50. The minimum atomic E-state index is -4.39. The number of nitrogens with zero attached hydrogens (tertiary/aromatic N) is 1. The normalized spacial score (nSPS) is 13.3. The van der Waals surface area contributed by atoms with E-state index >= 15 is 0 Å². The van der Waals surface area contributed by atoms with Crippen LogP contribution in [0, 0.1) is 0 Å². The molecule has 0 aliphatic rings. The summed E-state index contributed by atoms with van der Waals surface area (Å²) in [5.41, 5.74) is -0.635. The smallest absolute Gasteiger partial charge is 0.376 e. The molecule has 0 bridgehead atoms. The van der Waals surface area contributed by atoms with Crippen molar-refractivity contribution < 1.29 is 13.2 Å². The highest BCUT2D eigenvalue weighted by atomic mass is 79.9. The minimum Gasteiger partial charge on any atom is -0.376 e. The summed E-state index contributed by atoms with van der Waals surface area (Å²) in [5, 5.41) is 5.39. The van der Waals surface area contributed by atoms with Crippen molar-refractivity contribution in [1.29, 1.82) is 0 Å². The Balaban J connectivity index is 2.30. The molecular weight excluding hydrogens is 341 g/mol. The number of aromatic nitrogens is 1. The lowest BCUT2D eigenvalue weighted by molar-refractivity contribution is -0.137. The highest BCUT2D eigenvalue weighted by Gasteiger charge is 2.34. The monoisotopic (exact) mass is 350 g/mol. The van der Waals surface area contributed by atoms with Crippen LogP contribution in [-0.2, 0) is 6.18 Å². The zero-order chi connectivity index (χ0) is 14.0. The molecule has 0 fully saturated rings. The third-order valence-corrected chi connectivity index (χ3v) is 3.93. The molecule has 0 saturated carbocycles. The quantitative estimate of drug-likeness (QED) is 0.833. The fourth-order valence-electron chi connectivity index (χ4n) is 1.62. The van der Waals surface area contributed by atoms with Crippen molar-refractivity contribution >= 4 is 33.0 Å². The van der Waals surface area contributed by atoms with E-state index in [-0.39, 0.29) is 11.7 Å². The second-order valence-electron chi connectivity index (χ2n) is 3.92. The van der Waals surface area contributed by atoms with Crippen LogP contribution in [0.3, 0.4) is 0 Å². The molecule has 1 aromatic heterocycles. The molecule has 1 aromatic carbocycles. The van der Waals surface area contributed by atoms with Gasteiger partial charge in [-0.3, -0.25) is 0 Å². The van der Waals surface area contributed by atoms with Crippen LogP contribution in [0.25, 0.3) is 0 Å². The van der Waals surface area contributed by atoms with Crippen molar-refractivity contribution in [3.63, 3.8) is 0 Å². The van der Waals surface area contributed by atoms with Gasteiger partial charge in [0.25, 0.3) is 0 Å². The Hall–Kier alpha value is -1.08. The van der Waals surface area contributed by atoms with Gasteiger partial charge in [-0.25, -0.2) is 4.98 Å².